The van der Waals surface area contributed by atoms with Gasteiger partial charge in [0.2, 0.25) is 0 Å². The Morgan fingerprint density at radius 2 is 2.06 bits per heavy atom. The number of cyclic esters (lactones) is 1. The number of carbonyl (C=O) groups is 1. The first-order chi connectivity index (χ1) is 7.65. The summed E-state index contributed by atoms with van der Waals surface area (Å²) in [6.45, 7) is 11.1. The van der Waals surface area contributed by atoms with Crippen LogP contribution in [-0.2, 0) is 14.0 Å². The van der Waals surface area contributed by atoms with Crippen LogP contribution in [0, 0.1) is 0 Å². The van der Waals surface area contributed by atoms with E-state index in [1.54, 1.807) is 0 Å². The summed E-state index contributed by atoms with van der Waals surface area (Å²) < 4.78 is 12.4. The van der Waals surface area contributed by atoms with Crippen molar-refractivity contribution in [3.8, 4) is 0 Å². The quantitative estimate of drug-likeness (QED) is 0.330. The van der Waals surface area contributed by atoms with Crippen LogP contribution < -0.4 is 0 Å². The summed E-state index contributed by atoms with van der Waals surface area (Å²) in [6.07, 6.45) is 1.35. The van der Waals surface area contributed by atoms with Gasteiger partial charge >= 0.3 is 5.97 Å². The maximum atomic E-state index is 11.5. The summed E-state index contributed by atoms with van der Waals surface area (Å²) in [5.74, 6) is -0.110. The van der Waals surface area contributed by atoms with Gasteiger partial charge in [-0.15, -0.1) is 0 Å². The Balaban J connectivity index is 2.65. The Kier molecular flexibility index (Phi) is 5.05. The zero-order valence-corrected chi connectivity index (χ0v) is 14.5. The standard InChI is InChI=1S/C12H23IO3Si/c1-12(2,3)17(4,5)16-9-6-10(8-13)15-11(14)7-9/h9-10H,6-8H2,1-5H3/t9-,10+/m1/s1. The first kappa shape index (κ1) is 15.4. The highest BCUT2D eigenvalue weighted by Crippen LogP contribution is 2.38. The van der Waals surface area contributed by atoms with E-state index in [1.807, 2.05) is 0 Å². The van der Waals surface area contributed by atoms with E-state index in [1.165, 1.54) is 0 Å². The molecule has 0 aromatic rings. The molecule has 1 saturated heterocycles. The number of hydrogen-bond acceptors (Lipinski definition) is 3. The highest BCUT2D eigenvalue weighted by molar-refractivity contribution is 14.1. The lowest BCUT2D eigenvalue weighted by atomic mass is 10.1. The second-order valence-electron chi connectivity index (χ2n) is 6.21. The molecule has 0 N–H and O–H groups in total. The Morgan fingerprint density at radius 3 is 2.53 bits per heavy atom. The topological polar surface area (TPSA) is 35.5 Å². The molecule has 1 heterocycles. The third-order valence-electron chi connectivity index (χ3n) is 3.66. The third-order valence-corrected chi connectivity index (χ3v) is 9.18. The van der Waals surface area contributed by atoms with Gasteiger partial charge in [0.1, 0.15) is 6.10 Å². The van der Waals surface area contributed by atoms with Crippen molar-refractivity contribution in [3.63, 3.8) is 0 Å². The molecule has 2 atom stereocenters. The van der Waals surface area contributed by atoms with Crippen molar-refractivity contribution >= 4 is 36.9 Å². The van der Waals surface area contributed by atoms with E-state index >= 15 is 0 Å². The van der Waals surface area contributed by atoms with Crippen molar-refractivity contribution in [1.29, 1.82) is 0 Å². The molecule has 17 heavy (non-hydrogen) atoms. The molecule has 0 saturated carbocycles. The summed E-state index contributed by atoms with van der Waals surface area (Å²) in [5, 5.41) is 0.189. The number of ether oxygens (including phenoxy) is 1. The Bertz CT molecular complexity index is 286. The molecule has 0 bridgehead atoms. The predicted molar refractivity (Wildman–Crippen MR) is 80.1 cm³/mol. The van der Waals surface area contributed by atoms with Gasteiger partial charge in [0, 0.05) is 10.8 Å². The fourth-order valence-corrected chi connectivity index (χ4v) is 3.53. The normalized spacial score (nSPS) is 26.8. The van der Waals surface area contributed by atoms with Crippen molar-refractivity contribution in [3.05, 3.63) is 0 Å². The van der Waals surface area contributed by atoms with Gasteiger partial charge in [-0.1, -0.05) is 43.4 Å². The molecule has 1 rings (SSSR count). The lowest BCUT2D eigenvalue weighted by Crippen LogP contribution is -2.47. The maximum absolute atomic E-state index is 11.5. The second kappa shape index (κ2) is 5.57. The van der Waals surface area contributed by atoms with Gasteiger partial charge in [-0.2, -0.15) is 0 Å². The van der Waals surface area contributed by atoms with Gasteiger partial charge in [0.05, 0.1) is 12.5 Å². The number of carbonyl (C=O) groups excluding carboxylic acids is 1. The van der Waals surface area contributed by atoms with Crippen LogP contribution in [0.25, 0.3) is 0 Å². The van der Waals surface area contributed by atoms with Crippen molar-refractivity contribution in [2.24, 2.45) is 0 Å². The SMILES string of the molecule is CC(C)(C)[Si](C)(C)O[C@H]1CC(=O)O[C@H](CI)C1. The van der Waals surface area contributed by atoms with Crippen LogP contribution >= 0.6 is 22.6 Å². The van der Waals surface area contributed by atoms with Crippen molar-refractivity contribution < 1.29 is 14.0 Å². The largest absolute Gasteiger partial charge is 0.461 e. The smallest absolute Gasteiger partial charge is 0.308 e. The molecular formula is C12H23IO3Si. The van der Waals surface area contributed by atoms with E-state index in [0.29, 0.717) is 6.42 Å². The number of rotatable bonds is 3. The van der Waals surface area contributed by atoms with Crippen LogP contribution in [0.1, 0.15) is 33.6 Å². The van der Waals surface area contributed by atoms with E-state index < -0.39 is 8.32 Å². The molecule has 100 valence electrons. The monoisotopic (exact) mass is 370 g/mol. The van der Waals surface area contributed by atoms with Crippen LogP contribution in [0.15, 0.2) is 0 Å². The summed E-state index contributed by atoms with van der Waals surface area (Å²) in [4.78, 5) is 11.5. The highest BCUT2D eigenvalue weighted by Gasteiger charge is 2.41. The van der Waals surface area contributed by atoms with E-state index in [0.717, 1.165) is 10.8 Å². The molecule has 5 heteroatoms. The molecule has 0 aromatic heterocycles. The molecule has 0 aliphatic carbocycles. The zero-order chi connectivity index (χ0) is 13.3. The lowest BCUT2D eigenvalue weighted by Gasteiger charge is -2.41. The molecule has 1 aliphatic heterocycles. The van der Waals surface area contributed by atoms with E-state index in [-0.39, 0.29) is 23.2 Å². The maximum Gasteiger partial charge on any atom is 0.308 e. The van der Waals surface area contributed by atoms with E-state index in [2.05, 4.69) is 56.5 Å². The van der Waals surface area contributed by atoms with E-state index in [9.17, 15) is 4.79 Å². The van der Waals surface area contributed by atoms with Crippen LogP contribution in [0.5, 0.6) is 0 Å². The molecule has 3 nitrogen and oxygen atoms in total. The fraction of sp³-hybridized carbons (Fsp3) is 0.917. The molecule has 1 fully saturated rings. The lowest BCUT2D eigenvalue weighted by molar-refractivity contribution is -0.157. The Hall–Kier alpha value is 0.377. The molecule has 0 amide bonds. The first-order valence-corrected chi connectivity index (χ1v) is 10.5. The van der Waals surface area contributed by atoms with Gasteiger partial charge in [-0.05, 0) is 18.1 Å². The van der Waals surface area contributed by atoms with Crippen LogP contribution in [0.4, 0.5) is 0 Å². The third kappa shape index (κ3) is 4.20. The molecule has 0 spiro atoms. The molecule has 0 radical (unpaired) electrons. The van der Waals surface area contributed by atoms with E-state index in [4.69, 9.17) is 9.16 Å². The number of halogens is 1. The summed E-state index contributed by atoms with van der Waals surface area (Å²) in [5.41, 5.74) is 0. The van der Waals surface area contributed by atoms with Crippen LogP contribution in [-0.4, -0.2) is 30.9 Å². The van der Waals surface area contributed by atoms with Crippen molar-refractivity contribution in [2.45, 2.75) is 64.0 Å². The predicted octanol–water partition coefficient (Wildman–Crippen LogP) is 3.52. The van der Waals surface area contributed by atoms with Gasteiger partial charge in [0.15, 0.2) is 8.32 Å². The summed E-state index contributed by atoms with van der Waals surface area (Å²) >= 11 is 2.26. The van der Waals surface area contributed by atoms with Gasteiger partial charge in [0.25, 0.3) is 0 Å². The molecule has 0 aromatic carbocycles. The van der Waals surface area contributed by atoms with Crippen molar-refractivity contribution in [1.82, 2.24) is 0 Å². The number of esters is 1. The number of hydrogen-bond donors (Lipinski definition) is 0. The van der Waals surface area contributed by atoms with Gasteiger partial charge in [-0.25, -0.2) is 0 Å². The summed E-state index contributed by atoms with van der Waals surface area (Å²) in [6, 6.07) is 0. The zero-order valence-electron chi connectivity index (χ0n) is 11.4. The minimum atomic E-state index is -1.77. The van der Waals surface area contributed by atoms with Crippen LogP contribution in [0.2, 0.25) is 18.1 Å². The van der Waals surface area contributed by atoms with Gasteiger partial charge < -0.3 is 9.16 Å². The fourth-order valence-electron chi connectivity index (χ4n) is 1.62. The second-order valence-corrected chi connectivity index (χ2v) is 11.8. The molecular weight excluding hydrogens is 347 g/mol. The van der Waals surface area contributed by atoms with Gasteiger partial charge in [-0.3, -0.25) is 4.79 Å². The van der Waals surface area contributed by atoms with Crippen molar-refractivity contribution in [2.75, 3.05) is 4.43 Å². The summed E-state index contributed by atoms with van der Waals surface area (Å²) in [7, 11) is -1.77. The minimum Gasteiger partial charge on any atom is -0.461 e. The minimum absolute atomic E-state index is 0.0339. The molecule has 0 unspecified atom stereocenters. The highest BCUT2D eigenvalue weighted by atomic mass is 127. The average Bonchev–Trinajstić information content (AvgIpc) is 2.14. The molecule has 1 aliphatic rings. The first-order valence-electron chi connectivity index (χ1n) is 6.09. The Morgan fingerprint density at radius 1 is 1.47 bits per heavy atom. The Labute approximate surface area is 119 Å². The average molecular weight is 370 g/mol. The van der Waals surface area contributed by atoms with Crippen LogP contribution in [0.3, 0.4) is 0 Å². The number of alkyl halides is 1.